The molecule has 1 atom stereocenters. The number of nitrogens with zero attached hydrogens (tertiary/aromatic N) is 3. The van der Waals surface area contributed by atoms with Crippen LogP contribution in [0.4, 0.5) is 5.69 Å². The van der Waals surface area contributed by atoms with Crippen molar-refractivity contribution in [2.75, 3.05) is 11.4 Å². The van der Waals surface area contributed by atoms with Gasteiger partial charge in [-0.05, 0) is 37.5 Å². The monoisotopic (exact) mass is 283 g/mol. The molecule has 1 aliphatic heterocycles. The van der Waals surface area contributed by atoms with Gasteiger partial charge in [0.15, 0.2) is 5.82 Å². The summed E-state index contributed by atoms with van der Waals surface area (Å²) in [4.78, 5) is 18.6. The summed E-state index contributed by atoms with van der Waals surface area (Å²) in [6.07, 6.45) is 2.75. The van der Waals surface area contributed by atoms with Gasteiger partial charge in [0.1, 0.15) is 0 Å². The Hall–Kier alpha value is -2.17. The highest BCUT2D eigenvalue weighted by Gasteiger charge is 2.36. The molecule has 1 amide bonds. The number of aromatic nitrogens is 2. The third kappa shape index (κ3) is 2.33. The number of amides is 1. The summed E-state index contributed by atoms with van der Waals surface area (Å²) in [5.41, 5.74) is 2.10. The summed E-state index contributed by atoms with van der Waals surface area (Å²) in [5.74, 6) is 2.04. The van der Waals surface area contributed by atoms with E-state index in [9.17, 15) is 4.79 Å². The second-order valence-electron chi connectivity index (χ2n) is 6.01. The van der Waals surface area contributed by atoms with Gasteiger partial charge < -0.3 is 9.42 Å². The van der Waals surface area contributed by atoms with Gasteiger partial charge in [-0.15, -0.1) is 0 Å². The summed E-state index contributed by atoms with van der Waals surface area (Å²) in [5, 5.41) is 4.04. The molecular weight excluding hydrogens is 266 g/mol. The zero-order valence-corrected chi connectivity index (χ0v) is 12.0. The van der Waals surface area contributed by atoms with Crippen molar-refractivity contribution in [3.05, 3.63) is 41.5 Å². The van der Waals surface area contributed by atoms with E-state index < -0.39 is 0 Å². The van der Waals surface area contributed by atoms with Gasteiger partial charge in [-0.2, -0.15) is 4.98 Å². The van der Waals surface area contributed by atoms with Crippen LogP contribution in [0.1, 0.15) is 48.4 Å². The standard InChI is InChI=1S/C16H17N3O2/c1-10-3-2-4-13(7-10)19-9-12(8-14(19)20)16-17-15(18-21-16)11-5-6-11/h2-4,7,11-12H,5-6,8-9H2,1H3. The smallest absolute Gasteiger partial charge is 0.232 e. The molecule has 5 heteroatoms. The maximum Gasteiger partial charge on any atom is 0.232 e. The van der Waals surface area contributed by atoms with E-state index >= 15 is 0 Å². The molecule has 1 aromatic heterocycles. The van der Waals surface area contributed by atoms with Crippen molar-refractivity contribution in [3.63, 3.8) is 0 Å². The number of anilines is 1. The Morgan fingerprint density at radius 2 is 2.14 bits per heavy atom. The topological polar surface area (TPSA) is 59.2 Å². The van der Waals surface area contributed by atoms with Crippen LogP contribution in [0.3, 0.4) is 0 Å². The zero-order valence-electron chi connectivity index (χ0n) is 12.0. The number of carbonyl (C=O) groups excluding carboxylic acids is 1. The second-order valence-corrected chi connectivity index (χ2v) is 6.01. The lowest BCUT2D eigenvalue weighted by Gasteiger charge is -2.16. The molecule has 108 valence electrons. The number of rotatable bonds is 3. The number of benzene rings is 1. The Bertz CT molecular complexity index is 690. The van der Waals surface area contributed by atoms with Crippen LogP contribution in [-0.4, -0.2) is 22.6 Å². The first kappa shape index (κ1) is 12.6. The number of carbonyl (C=O) groups is 1. The lowest BCUT2D eigenvalue weighted by atomic mass is 10.1. The van der Waals surface area contributed by atoms with Crippen molar-refractivity contribution in [3.8, 4) is 0 Å². The summed E-state index contributed by atoms with van der Waals surface area (Å²) < 4.78 is 5.37. The van der Waals surface area contributed by atoms with Gasteiger partial charge in [0.05, 0.1) is 5.92 Å². The molecule has 2 fully saturated rings. The fourth-order valence-electron chi connectivity index (χ4n) is 2.84. The van der Waals surface area contributed by atoms with Crippen LogP contribution < -0.4 is 4.90 Å². The fourth-order valence-corrected chi connectivity index (χ4v) is 2.84. The van der Waals surface area contributed by atoms with Crippen LogP contribution in [0, 0.1) is 6.92 Å². The lowest BCUT2D eigenvalue weighted by Crippen LogP contribution is -2.24. The second kappa shape index (κ2) is 4.69. The predicted molar refractivity (Wildman–Crippen MR) is 77.2 cm³/mol. The summed E-state index contributed by atoms with van der Waals surface area (Å²) in [6, 6.07) is 8.01. The van der Waals surface area contributed by atoms with Crippen LogP contribution in [-0.2, 0) is 4.79 Å². The Morgan fingerprint density at radius 3 is 2.90 bits per heavy atom. The van der Waals surface area contributed by atoms with Gasteiger partial charge in [0.2, 0.25) is 11.8 Å². The SMILES string of the molecule is Cc1cccc(N2CC(c3nc(C4CC4)no3)CC2=O)c1. The molecule has 1 saturated carbocycles. The van der Waals surface area contributed by atoms with E-state index in [-0.39, 0.29) is 11.8 Å². The van der Waals surface area contributed by atoms with Crippen LogP contribution in [0.5, 0.6) is 0 Å². The molecular formula is C16H17N3O2. The Morgan fingerprint density at radius 1 is 1.29 bits per heavy atom. The van der Waals surface area contributed by atoms with E-state index in [0.717, 1.165) is 29.9 Å². The molecule has 1 saturated heterocycles. The number of hydrogen-bond acceptors (Lipinski definition) is 4. The van der Waals surface area contributed by atoms with Gasteiger partial charge in [-0.25, -0.2) is 0 Å². The van der Waals surface area contributed by atoms with E-state index in [1.807, 2.05) is 36.1 Å². The average molecular weight is 283 g/mol. The Kier molecular flexibility index (Phi) is 2.80. The molecule has 0 radical (unpaired) electrons. The molecule has 1 aromatic carbocycles. The van der Waals surface area contributed by atoms with Crippen LogP contribution in [0.2, 0.25) is 0 Å². The van der Waals surface area contributed by atoms with Crippen LogP contribution in [0.15, 0.2) is 28.8 Å². The minimum absolute atomic E-state index is 0.0120. The van der Waals surface area contributed by atoms with Crippen LogP contribution in [0.25, 0.3) is 0 Å². The molecule has 1 aliphatic carbocycles. The summed E-state index contributed by atoms with van der Waals surface area (Å²) in [6.45, 7) is 2.65. The first-order chi connectivity index (χ1) is 10.2. The van der Waals surface area contributed by atoms with E-state index in [1.54, 1.807) is 0 Å². The highest BCUT2D eigenvalue weighted by molar-refractivity contribution is 5.96. The highest BCUT2D eigenvalue weighted by Crippen LogP contribution is 2.39. The van der Waals surface area contributed by atoms with Gasteiger partial charge in [0, 0.05) is 24.6 Å². The van der Waals surface area contributed by atoms with Crippen LogP contribution >= 0.6 is 0 Å². The van der Waals surface area contributed by atoms with E-state index in [4.69, 9.17) is 4.52 Å². The fraction of sp³-hybridized carbons (Fsp3) is 0.438. The first-order valence-electron chi connectivity index (χ1n) is 7.41. The molecule has 5 nitrogen and oxygen atoms in total. The summed E-state index contributed by atoms with van der Waals surface area (Å²) in [7, 11) is 0. The van der Waals surface area contributed by atoms with Gasteiger partial charge in [-0.1, -0.05) is 17.3 Å². The Balaban J connectivity index is 1.55. The normalized spacial score (nSPS) is 22.0. The largest absolute Gasteiger partial charge is 0.339 e. The van der Waals surface area contributed by atoms with E-state index in [2.05, 4.69) is 10.1 Å². The van der Waals surface area contributed by atoms with Crippen molar-refractivity contribution in [1.82, 2.24) is 10.1 Å². The number of aryl methyl sites for hydroxylation is 1. The molecule has 0 spiro atoms. The maximum absolute atomic E-state index is 12.3. The third-order valence-electron chi connectivity index (χ3n) is 4.19. The van der Waals surface area contributed by atoms with Crippen molar-refractivity contribution in [1.29, 1.82) is 0 Å². The quantitative estimate of drug-likeness (QED) is 0.869. The molecule has 0 bridgehead atoms. The van der Waals surface area contributed by atoms with Gasteiger partial charge in [-0.3, -0.25) is 4.79 Å². The third-order valence-corrected chi connectivity index (χ3v) is 4.19. The average Bonchev–Trinajstić information content (AvgIpc) is 3.07. The van der Waals surface area contributed by atoms with Gasteiger partial charge in [0.25, 0.3) is 0 Å². The van der Waals surface area contributed by atoms with E-state index in [0.29, 0.717) is 24.8 Å². The highest BCUT2D eigenvalue weighted by atomic mass is 16.5. The maximum atomic E-state index is 12.3. The molecule has 2 heterocycles. The molecule has 2 aromatic rings. The molecule has 2 aliphatic rings. The molecule has 21 heavy (non-hydrogen) atoms. The van der Waals surface area contributed by atoms with Crippen molar-refractivity contribution in [2.45, 2.75) is 38.0 Å². The summed E-state index contributed by atoms with van der Waals surface area (Å²) >= 11 is 0. The Labute approximate surface area is 123 Å². The first-order valence-corrected chi connectivity index (χ1v) is 7.41. The molecule has 0 N–H and O–H groups in total. The zero-order chi connectivity index (χ0) is 14.4. The number of hydrogen-bond donors (Lipinski definition) is 0. The van der Waals surface area contributed by atoms with Crippen molar-refractivity contribution in [2.24, 2.45) is 0 Å². The minimum atomic E-state index is 0.0120. The van der Waals surface area contributed by atoms with Crippen molar-refractivity contribution < 1.29 is 9.32 Å². The molecule has 1 unspecified atom stereocenters. The lowest BCUT2D eigenvalue weighted by molar-refractivity contribution is -0.117. The van der Waals surface area contributed by atoms with Gasteiger partial charge >= 0.3 is 0 Å². The predicted octanol–water partition coefficient (Wildman–Crippen LogP) is 2.78. The minimum Gasteiger partial charge on any atom is -0.339 e. The van der Waals surface area contributed by atoms with E-state index in [1.165, 1.54) is 0 Å². The molecule has 4 rings (SSSR count). The van der Waals surface area contributed by atoms with Crippen molar-refractivity contribution >= 4 is 11.6 Å².